The molecule has 1 aromatic carbocycles. The summed E-state index contributed by atoms with van der Waals surface area (Å²) in [6.07, 6.45) is 2.21. The van der Waals surface area contributed by atoms with Gasteiger partial charge in [-0.15, -0.1) is 0 Å². The molecule has 2 heterocycles. The van der Waals surface area contributed by atoms with Gasteiger partial charge in [0.2, 0.25) is 5.91 Å². The lowest BCUT2D eigenvalue weighted by Gasteiger charge is -2.05. The lowest BCUT2D eigenvalue weighted by molar-refractivity contribution is -0.384. The number of fused-ring (bicyclic) bond motifs is 1. The third-order valence-corrected chi connectivity index (χ3v) is 3.83. The maximum atomic E-state index is 12.0. The topological polar surface area (TPSA) is 120 Å². The number of benzene rings is 1. The van der Waals surface area contributed by atoms with E-state index in [1.807, 2.05) is 13.0 Å². The van der Waals surface area contributed by atoms with Crippen LogP contribution in [0.1, 0.15) is 18.4 Å². The maximum absolute atomic E-state index is 12.0. The highest BCUT2D eigenvalue weighted by Gasteiger charge is 2.14. The predicted molar refractivity (Wildman–Crippen MR) is 94.0 cm³/mol. The average Bonchev–Trinajstić information content (AvgIpc) is 2.89. The molecule has 2 aromatic heterocycles. The Balaban J connectivity index is 1.64. The minimum absolute atomic E-state index is 0.150. The van der Waals surface area contributed by atoms with Crippen LogP contribution in [0.4, 0.5) is 11.5 Å². The van der Waals surface area contributed by atoms with Gasteiger partial charge in [-0.25, -0.2) is 9.78 Å². The number of aryl methyl sites for hydroxylation is 2. The van der Waals surface area contributed by atoms with Gasteiger partial charge in [0.15, 0.2) is 5.58 Å². The minimum atomic E-state index is -0.610. The number of amides is 1. The van der Waals surface area contributed by atoms with E-state index in [1.54, 1.807) is 12.3 Å². The molecule has 3 aromatic rings. The minimum Gasteiger partial charge on any atom is -0.407 e. The number of aromatic nitrogens is 2. The fraction of sp³-hybridized carbons (Fsp3) is 0.235. The fourth-order valence-electron chi connectivity index (χ4n) is 2.59. The number of hydrogen-bond acceptors (Lipinski definition) is 6. The van der Waals surface area contributed by atoms with Crippen LogP contribution in [0.5, 0.6) is 0 Å². The van der Waals surface area contributed by atoms with E-state index in [0.717, 1.165) is 5.56 Å². The number of carbonyl (C=O) groups excluding carboxylic acids is 1. The van der Waals surface area contributed by atoms with E-state index >= 15 is 0 Å². The molecule has 0 atom stereocenters. The first-order valence-electron chi connectivity index (χ1n) is 7.94. The Bertz CT molecular complexity index is 1040. The summed E-state index contributed by atoms with van der Waals surface area (Å²) in [6, 6.07) is 7.58. The summed E-state index contributed by atoms with van der Waals surface area (Å²) >= 11 is 0. The number of nitro benzene ring substituents is 1. The Morgan fingerprint density at radius 1 is 1.35 bits per heavy atom. The predicted octanol–water partition coefficient (Wildman–Crippen LogP) is 2.63. The maximum Gasteiger partial charge on any atom is 0.419 e. The van der Waals surface area contributed by atoms with Gasteiger partial charge in [-0.2, -0.15) is 0 Å². The Kier molecular flexibility index (Phi) is 4.78. The van der Waals surface area contributed by atoms with Crippen LogP contribution in [0.15, 0.2) is 45.7 Å². The van der Waals surface area contributed by atoms with Crippen LogP contribution in [0.25, 0.3) is 11.1 Å². The van der Waals surface area contributed by atoms with Gasteiger partial charge in [-0.05, 0) is 37.1 Å². The van der Waals surface area contributed by atoms with Crippen molar-refractivity contribution in [3.8, 4) is 0 Å². The summed E-state index contributed by atoms with van der Waals surface area (Å²) in [7, 11) is 0. The summed E-state index contributed by atoms with van der Waals surface area (Å²) in [6.45, 7) is 2.16. The van der Waals surface area contributed by atoms with E-state index in [1.165, 1.54) is 22.8 Å². The van der Waals surface area contributed by atoms with Crippen LogP contribution in [0.3, 0.4) is 0 Å². The molecule has 0 spiro atoms. The Labute approximate surface area is 147 Å². The molecule has 1 N–H and O–H groups in total. The van der Waals surface area contributed by atoms with Crippen LogP contribution in [-0.2, 0) is 11.3 Å². The number of non-ortho nitro benzene ring substituents is 1. The van der Waals surface area contributed by atoms with E-state index < -0.39 is 10.7 Å². The summed E-state index contributed by atoms with van der Waals surface area (Å²) in [5.74, 6) is -0.339. The van der Waals surface area contributed by atoms with Crippen LogP contribution in [0.2, 0.25) is 0 Å². The number of rotatable bonds is 6. The number of oxazole rings is 1. The summed E-state index contributed by atoms with van der Waals surface area (Å²) in [5.41, 5.74) is 1.45. The van der Waals surface area contributed by atoms with Crippen molar-refractivity contribution in [2.45, 2.75) is 26.3 Å². The number of nitro groups is 1. The first-order chi connectivity index (χ1) is 12.4. The summed E-state index contributed by atoms with van der Waals surface area (Å²) in [4.78, 5) is 38.2. The van der Waals surface area contributed by atoms with Crippen molar-refractivity contribution in [1.29, 1.82) is 0 Å². The first kappa shape index (κ1) is 17.3. The van der Waals surface area contributed by atoms with Gasteiger partial charge in [0, 0.05) is 25.2 Å². The molecule has 0 saturated heterocycles. The van der Waals surface area contributed by atoms with E-state index in [2.05, 4.69) is 10.3 Å². The molecule has 9 nitrogen and oxygen atoms in total. The summed E-state index contributed by atoms with van der Waals surface area (Å²) < 4.78 is 6.41. The van der Waals surface area contributed by atoms with Gasteiger partial charge in [-0.1, -0.05) is 0 Å². The highest BCUT2D eigenvalue weighted by Crippen LogP contribution is 2.20. The van der Waals surface area contributed by atoms with Crippen molar-refractivity contribution >= 4 is 28.5 Å². The molecule has 26 heavy (non-hydrogen) atoms. The third-order valence-electron chi connectivity index (χ3n) is 3.83. The Morgan fingerprint density at radius 2 is 2.15 bits per heavy atom. The molecule has 3 rings (SSSR count). The molecule has 0 aliphatic heterocycles. The molecule has 9 heteroatoms. The fourth-order valence-corrected chi connectivity index (χ4v) is 2.59. The van der Waals surface area contributed by atoms with Gasteiger partial charge in [-0.3, -0.25) is 19.5 Å². The van der Waals surface area contributed by atoms with Gasteiger partial charge >= 0.3 is 5.76 Å². The molecule has 0 unspecified atom stereocenters. The van der Waals surface area contributed by atoms with Crippen molar-refractivity contribution in [1.82, 2.24) is 9.55 Å². The number of anilines is 1. The van der Waals surface area contributed by atoms with E-state index in [9.17, 15) is 19.7 Å². The zero-order chi connectivity index (χ0) is 18.7. The lowest BCUT2D eigenvalue weighted by atomic mass is 10.2. The van der Waals surface area contributed by atoms with Gasteiger partial charge in [0.25, 0.3) is 5.69 Å². The van der Waals surface area contributed by atoms with Crippen LogP contribution in [-0.4, -0.2) is 20.4 Å². The zero-order valence-electron chi connectivity index (χ0n) is 14.0. The number of carbonyl (C=O) groups is 1. The van der Waals surface area contributed by atoms with Crippen molar-refractivity contribution < 1.29 is 14.1 Å². The van der Waals surface area contributed by atoms with Crippen molar-refractivity contribution in [2.24, 2.45) is 0 Å². The van der Waals surface area contributed by atoms with Crippen LogP contribution < -0.4 is 11.1 Å². The monoisotopic (exact) mass is 356 g/mol. The zero-order valence-corrected chi connectivity index (χ0v) is 14.0. The quantitative estimate of drug-likeness (QED) is 0.535. The second-order valence-corrected chi connectivity index (χ2v) is 5.80. The number of pyridine rings is 1. The Morgan fingerprint density at radius 3 is 2.88 bits per heavy atom. The smallest absolute Gasteiger partial charge is 0.407 e. The molecular weight excluding hydrogens is 340 g/mol. The van der Waals surface area contributed by atoms with Crippen molar-refractivity contribution in [3.05, 3.63) is 62.8 Å². The highest BCUT2D eigenvalue weighted by molar-refractivity contribution is 5.89. The third kappa shape index (κ3) is 3.77. The number of hydrogen-bond donors (Lipinski definition) is 1. The largest absolute Gasteiger partial charge is 0.419 e. The first-order valence-corrected chi connectivity index (χ1v) is 7.94. The SMILES string of the molecule is Cc1ccnc(NC(=O)CCCn2c(=O)oc3cc([N+](=O)[O-])ccc32)c1. The molecule has 0 bridgehead atoms. The highest BCUT2D eigenvalue weighted by atomic mass is 16.6. The molecule has 0 saturated carbocycles. The number of nitrogens with zero attached hydrogens (tertiary/aromatic N) is 3. The van der Waals surface area contributed by atoms with Crippen molar-refractivity contribution in [2.75, 3.05) is 5.32 Å². The average molecular weight is 356 g/mol. The molecule has 0 radical (unpaired) electrons. The van der Waals surface area contributed by atoms with Crippen molar-refractivity contribution in [3.63, 3.8) is 0 Å². The van der Waals surface area contributed by atoms with E-state index in [-0.39, 0.29) is 30.1 Å². The summed E-state index contributed by atoms with van der Waals surface area (Å²) in [5, 5.41) is 13.5. The second kappa shape index (κ2) is 7.18. The van der Waals surface area contributed by atoms with Crippen LogP contribution >= 0.6 is 0 Å². The normalized spacial score (nSPS) is 10.8. The van der Waals surface area contributed by atoms with Gasteiger partial charge < -0.3 is 9.73 Å². The van der Waals surface area contributed by atoms with Gasteiger partial charge in [0.05, 0.1) is 16.5 Å². The Hall–Kier alpha value is -3.49. The molecule has 1 amide bonds. The molecule has 0 aliphatic carbocycles. The molecule has 134 valence electrons. The van der Waals surface area contributed by atoms with Crippen LogP contribution in [0, 0.1) is 17.0 Å². The number of nitrogens with one attached hydrogen (secondary N) is 1. The molecule has 0 aliphatic rings. The standard InChI is InChI=1S/C17H16N4O5/c1-11-6-7-18-15(9-11)19-16(22)3-2-8-20-13-5-4-12(21(24)25)10-14(13)26-17(20)23/h4-7,9-10H,2-3,8H2,1H3,(H,18,19,22). The molecular formula is C17H16N4O5. The van der Waals surface area contributed by atoms with Gasteiger partial charge in [0.1, 0.15) is 5.82 Å². The molecule has 0 fully saturated rings. The van der Waals surface area contributed by atoms with E-state index in [0.29, 0.717) is 17.8 Å². The van der Waals surface area contributed by atoms with E-state index in [4.69, 9.17) is 4.42 Å². The second-order valence-electron chi connectivity index (χ2n) is 5.80. The lowest BCUT2D eigenvalue weighted by Crippen LogP contribution is -2.17.